The van der Waals surface area contributed by atoms with Gasteiger partial charge in [-0.25, -0.2) is 9.67 Å². The summed E-state index contributed by atoms with van der Waals surface area (Å²) < 4.78 is 12.1. The van der Waals surface area contributed by atoms with Gasteiger partial charge in [0.2, 0.25) is 5.88 Å². The fourth-order valence-corrected chi connectivity index (χ4v) is 2.34. The summed E-state index contributed by atoms with van der Waals surface area (Å²) in [5, 5.41) is 22.3. The van der Waals surface area contributed by atoms with Crippen LogP contribution in [-0.2, 0) is 0 Å². The summed E-state index contributed by atoms with van der Waals surface area (Å²) in [7, 11) is 1.55. The lowest BCUT2D eigenvalue weighted by Gasteiger charge is -2.09. The molecule has 0 spiro atoms. The second-order valence-corrected chi connectivity index (χ2v) is 5.09. The number of aliphatic hydroxyl groups excluding tert-OH is 1. The molecule has 3 aromatic rings. The highest BCUT2D eigenvalue weighted by Crippen LogP contribution is 2.26. The van der Waals surface area contributed by atoms with Crippen molar-refractivity contribution in [3.63, 3.8) is 0 Å². The Labute approximate surface area is 144 Å². The highest BCUT2D eigenvalue weighted by atomic mass is 16.5. The summed E-state index contributed by atoms with van der Waals surface area (Å²) in [5.74, 6) is 1.17. The first-order valence-corrected chi connectivity index (χ1v) is 7.60. The molecule has 1 aromatic carbocycles. The van der Waals surface area contributed by atoms with Crippen molar-refractivity contribution >= 4 is 0 Å². The Hall–Kier alpha value is -3.37. The van der Waals surface area contributed by atoms with Crippen LogP contribution in [0.15, 0.2) is 48.7 Å². The van der Waals surface area contributed by atoms with E-state index in [2.05, 4.69) is 16.2 Å². The van der Waals surface area contributed by atoms with Crippen LogP contribution in [0.2, 0.25) is 0 Å². The summed E-state index contributed by atoms with van der Waals surface area (Å²) >= 11 is 0. The molecule has 0 saturated carbocycles. The van der Waals surface area contributed by atoms with Crippen molar-refractivity contribution in [1.29, 1.82) is 5.26 Å². The zero-order chi connectivity index (χ0) is 17.6. The quantitative estimate of drug-likeness (QED) is 0.741. The van der Waals surface area contributed by atoms with Crippen molar-refractivity contribution in [2.45, 2.75) is 0 Å². The SMILES string of the molecule is COc1ccc(-n2nc(C#N)cc2-c2ccc(OCCO)cc2)cn1. The van der Waals surface area contributed by atoms with Gasteiger partial charge in [-0.15, -0.1) is 0 Å². The Morgan fingerprint density at radius 3 is 2.60 bits per heavy atom. The van der Waals surface area contributed by atoms with E-state index in [1.165, 1.54) is 0 Å². The molecule has 2 aromatic heterocycles. The van der Waals surface area contributed by atoms with Crippen LogP contribution in [0.25, 0.3) is 16.9 Å². The van der Waals surface area contributed by atoms with E-state index in [-0.39, 0.29) is 13.2 Å². The van der Waals surface area contributed by atoms with Crippen LogP contribution in [-0.4, -0.2) is 40.2 Å². The molecule has 0 saturated heterocycles. The zero-order valence-corrected chi connectivity index (χ0v) is 13.6. The minimum absolute atomic E-state index is 0.0372. The molecule has 3 rings (SSSR count). The number of hydrogen-bond donors (Lipinski definition) is 1. The third-order valence-corrected chi connectivity index (χ3v) is 3.51. The van der Waals surface area contributed by atoms with E-state index in [9.17, 15) is 5.26 Å². The van der Waals surface area contributed by atoms with Crippen molar-refractivity contribution < 1.29 is 14.6 Å². The highest BCUT2D eigenvalue weighted by Gasteiger charge is 2.12. The molecule has 0 bridgehead atoms. The van der Waals surface area contributed by atoms with Gasteiger partial charge < -0.3 is 14.6 Å². The standard InChI is InChI=1S/C18H16N4O3/c1-24-18-7-4-15(12-20-18)22-17(10-14(11-19)21-22)13-2-5-16(6-3-13)25-9-8-23/h2-7,10,12,23H,8-9H2,1H3. The van der Waals surface area contributed by atoms with Gasteiger partial charge in [0.25, 0.3) is 0 Å². The predicted octanol–water partition coefficient (Wildman–Crippen LogP) is 2.19. The van der Waals surface area contributed by atoms with Crippen LogP contribution in [0, 0.1) is 11.3 Å². The number of nitriles is 1. The van der Waals surface area contributed by atoms with Gasteiger partial charge in [0.05, 0.1) is 31.3 Å². The Morgan fingerprint density at radius 2 is 2.00 bits per heavy atom. The lowest BCUT2D eigenvalue weighted by Crippen LogP contribution is -2.02. The molecule has 0 amide bonds. The number of aliphatic hydroxyl groups is 1. The number of pyridine rings is 1. The van der Waals surface area contributed by atoms with E-state index in [4.69, 9.17) is 14.6 Å². The predicted molar refractivity (Wildman–Crippen MR) is 90.6 cm³/mol. The molecule has 126 valence electrons. The smallest absolute Gasteiger partial charge is 0.213 e. The monoisotopic (exact) mass is 336 g/mol. The maximum atomic E-state index is 9.19. The maximum Gasteiger partial charge on any atom is 0.213 e. The number of hydrogen-bond acceptors (Lipinski definition) is 6. The minimum atomic E-state index is -0.0372. The summed E-state index contributed by atoms with van der Waals surface area (Å²) in [6.45, 7) is 0.206. The lowest BCUT2D eigenvalue weighted by molar-refractivity contribution is 0.201. The van der Waals surface area contributed by atoms with Crippen molar-refractivity contribution in [1.82, 2.24) is 14.8 Å². The zero-order valence-electron chi connectivity index (χ0n) is 13.6. The molecule has 2 heterocycles. The van der Waals surface area contributed by atoms with Crippen LogP contribution in [0.1, 0.15) is 5.69 Å². The third kappa shape index (κ3) is 3.59. The first-order chi connectivity index (χ1) is 12.2. The molecule has 0 aliphatic rings. The van der Waals surface area contributed by atoms with Gasteiger partial charge in [-0.3, -0.25) is 0 Å². The van der Waals surface area contributed by atoms with Crippen LogP contribution in [0.4, 0.5) is 0 Å². The van der Waals surface area contributed by atoms with Crippen LogP contribution >= 0.6 is 0 Å². The molecule has 25 heavy (non-hydrogen) atoms. The molecule has 0 radical (unpaired) electrons. The third-order valence-electron chi connectivity index (χ3n) is 3.51. The first kappa shape index (κ1) is 16.5. The van der Waals surface area contributed by atoms with E-state index in [0.717, 1.165) is 16.9 Å². The summed E-state index contributed by atoms with van der Waals surface area (Å²) in [6.07, 6.45) is 1.63. The maximum absolute atomic E-state index is 9.19. The van der Waals surface area contributed by atoms with Gasteiger partial charge >= 0.3 is 0 Å². The Bertz CT molecular complexity index is 880. The normalized spacial score (nSPS) is 10.3. The van der Waals surface area contributed by atoms with Crippen molar-refractivity contribution in [3.8, 4) is 34.6 Å². The number of nitrogens with zero attached hydrogens (tertiary/aromatic N) is 4. The van der Waals surface area contributed by atoms with E-state index >= 15 is 0 Å². The molecule has 0 fully saturated rings. The van der Waals surface area contributed by atoms with Gasteiger partial charge in [-0.2, -0.15) is 10.4 Å². The highest BCUT2D eigenvalue weighted by molar-refractivity contribution is 5.64. The molecular weight excluding hydrogens is 320 g/mol. The first-order valence-electron chi connectivity index (χ1n) is 7.60. The second-order valence-electron chi connectivity index (χ2n) is 5.09. The second kappa shape index (κ2) is 7.47. The van der Waals surface area contributed by atoms with E-state index < -0.39 is 0 Å². The van der Waals surface area contributed by atoms with Gasteiger partial charge in [0, 0.05) is 17.7 Å². The summed E-state index contributed by atoms with van der Waals surface area (Å²) in [6, 6.07) is 14.7. The fourth-order valence-electron chi connectivity index (χ4n) is 2.34. The molecule has 7 nitrogen and oxygen atoms in total. The molecule has 7 heteroatoms. The molecule has 0 unspecified atom stereocenters. The largest absolute Gasteiger partial charge is 0.491 e. The van der Waals surface area contributed by atoms with E-state index in [0.29, 0.717) is 17.3 Å². The number of aromatic nitrogens is 3. The van der Waals surface area contributed by atoms with E-state index in [1.807, 2.05) is 18.2 Å². The van der Waals surface area contributed by atoms with Crippen LogP contribution < -0.4 is 9.47 Å². The van der Waals surface area contributed by atoms with Crippen molar-refractivity contribution in [3.05, 3.63) is 54.4 Å². The van der Waals surface area contributed by atoms with Crippen LogP contribution in [0.3, 0.4) is 0 Å². The van der Waals surface area contributed by atoms with Gasteiger partial charge in [0.15, 0.2) is 5.69 Å². The average Bonchev–Trinajstić information content (AvgIpc) is 3.11. The Balaban J connectivity index is 1.98. The minimum Gasteiger partial charge on any atom is -0.491 e. The average molecular weight is 336 g/mol. The molecule has 0 aliphatic carbocycles. The lowest BCUT2D eigenvalue weighted by atomic mass is 10.1. The van der Waals surface area contributed by atoms with E-state index in [1.54, 1.807) is 42.3 Å². The Kier molecular flexibility index (Phi) is 4.92. The van der Waals surface area contributed by atoms with Gasteiger partial charge in [-0.05, 0) is 30.3 Å². The van der Waals surface area contributed by atoms with Gasteiger partial charge in [0.1, 0.15) is 18.4 Å². The van der Waals surface area contributed by atoms with Crippen molar-refractivity contribution in [2.24, 2.45) is 0 Å². The molecule has 1 N–H and O–H groups in total. The molecular formula is C18H16N4O3. The summed E-state index contributed by atoms with van der Waals surface area (Å²) in [5.41, 5.74) is 2.67. The van der Waals surface area contributed by atoms with Gasteiger partial charge in [-0.1, -0.05) is 0 Å². The number of rotatable bonds is 6. The van der Waals surface area contributed by atoms with Crippen molar-refractivity contribution in [2.75, 3.05) is 20.3 Å². The number of benzene rings is 1. The number of methoxy groups -OCH3 is 1. The number of ether oxygens (including phenoxy) is 2. The topological polar surface area (TPSA) is 93.2 Å². The molecule has 0 aliphatic heterocycles. The molecule has 0 atom stereocenters. The van der Waals surface area contributed by atoms with Crippen LogP contribution in [0.5, 0.6) is 11.6 Å². The summed E-state index contributed by atoms with van der Waals surface area (Å²) in [4.78, 5) is 4.18. The Morgan fingerprint density at radius 1 is 1.20 bits per heavy atom. The fraction of sp³-hybridized carbons (Fsp3) is 0.167.